The van der Waals surface area contributed by atoms with Crippen LogP contribution < -0.4 is 10.2 Å². The Morgan fingerprint density at radius 2 is 2.12 bits per heavy atom. The molecule has 3 rings (SSSR count). The molecule has 24 heavy (non-hydrogen) atoms. The van der Waals surface area contributed by atoms with E-state index in [0.29, 0.717) is 11.3 Å². The zero-order valence-corrected chi connectivity index (χ0v) is 14.4. The van der Waals surface area contributed by atoms with Crippen molar-refractivity contribution in [3.63, 3.8) is 0 Å². The van der Waals surface area contributed by atoms with Crippen LogP contribution in [-0.2, 0) is 11.2 Å². The minimum atomic E-state index is 0.0147. The molecule has 2 aromatic heterocycles. The average molecular weight is 344 g/mol. The van der Waals surface area contributed by atoms with Crippen LogP contribution in [-0.4, -0.2) is 40.8 Å². The molecular formula is C17H20N4O2S. The molecule has 0 unspecified atom stereocenters. The number of piperidine rings is 1. The van der Waals surface area contributed by atoms with Crippen molar-refractivity contribution in [3.05, 3.63) is 40.5 Å². The van der Waals surface area contributed by atoms with Crippen molar-refractivity contribution in [2.45, 2.75) is 32.2 Å². The molecule has 7 heteroatoms. The second-order valence-corrected chi connectivity index (χ2v) is 6.86. The molecule has 126 valence electrons. The molecule has 1 aliphatic rings. The number of rotatable bonds is 5. The third-order valence-electron chi connectivity index (χ3n) is 4.10. The van der Waals surface area contributed by atoms with Crippen LogP contribution in [0.4, 0.5) is 5.82 Å². The molecule has 0 bridgehead atoms. The largest absolute Gasteiger partial charge is 0.355 e. The van der Waals surface area contributed by atoms with Crippen LogP contribution in [0, 0.1) is 0 Å². The third kappa shape index (κ3) is 4.17. The van der Waals surface area contributed by atoms with Crippen molar-refractivity contribution in [1.82, 2.24) is 15.3 Å². The predicted octanol–water partition coefficient (Wildman–Crippen LogP) is 2.07. The summed E-state index contributed by atoms with van der Waals surface area (Å²) in [6, 6.07) is 2.00. The number of hydrogen-bond donors (Lipinski definition) is 1. The average Bonchev–Trinajstić information content (AvgIpc) is 3.05. The third-order valence-corrected chi connectivity index (χ3v) is 5.18. The molecule has 0 atom stereocenters. The Morgan fingerprint density at radius 1 is 1.33 bits per heavy atom. The summed E-state index contributed by atoms with van der Waals surface area (Å²) in [6.45, 7) is 3.26. The summed E-state index contributed by atoms with van der Waals surface area (Å²) < 4.78 is 0. The highest BCUT2D eigenvalue weighted by Gasteiger charge is 2.21. The van der Waals surface area contributed by atoms with E-state index in [2.05, 4.69) is 20.2 Å². The van der Waals surface area contributed by atoms with Crippen LogP contribution in [0.5, 0.6) is 0 Å². The van der Waals surface area contributed by atoms with Gasteiger partial charge < -0.3 is 10.2 Å². The van der Waals surface area contributed by atoms with E-state index in [0.717, 1.165) is 37.3 Å². The summed E-state index contributed by atoms with van der Waals surface area (Å²) in [6.07, 6.45) is 7.24. The molecule has 0 aromatic carbocycles. The summed E-state index contributed by atoms with van der Waals surface area (Å²) in [5.74, 6) is 0.946. The number of carbonyl (C=O) groups excluding carboxylic acids is 2. The minimum absolute atomic E-state index is 0.0147. The highest BCUT2D eigenvalue weighted by atomic mass is 32.1. The van der Waals surface area contributed by atoms with E-state index in [1.165, 1.54) is 11.3 Å². The fourth-order valence-electron chi connectivity index (χ4n) is 2.82. The number of nitrogens with zero attached hydrogens (tertiary/aromatic N) is 3. The number of thiophene rings is 1. The number of Topliss-reactive ketones (excluding diaryl/α,β-unsaturated/α-hetero) is 1. The Labute approximate surface area is 144 Å². The van der Waals surface area contributed by atoms with Crippen LogP contribution in [0.3, 0.4) is 0 Å². The van der Waals surface area contributed by atoms with Gasteiger partial charge in [0.2, 0.25) is 5.91 Å². The first-order valence-electron chi connectivity index (χ1n) is 8.00. The van der Waals surface area contributed by atoms with Gasteiger partial charge in [0.25, 0.3) is 0 Å². The molecule has 0 spiro atoms. The predicted molar refractivity (Wildman–Crippen MR) is 93.4 cm³/mol. The lowest BCUT2D eigenvalue weighted by molar-refractivity contribution is -0.121. The van der Waals surface area contributed by atoms with E-state index in [4.69, 9.17) is 0 Å². The van der Waals surface area contributed by atoms with Crippen molar-refractivity contribution in [2.24, 2.45) is 0 Å². The Bertz CT molecular complexity index is 708. The molecule has 3 heterocycles. The molecule has 6 nitrogen and oxygen atoms in total. The lowest BCUT2D eigenvalue weighted by Gasteiger charge is -2.32. The molecule has 0 aliphatic carbocycles. The Balaban J connectivity index is 1.47. The zero-order chi connectivity index (χ0) is 16.9. The fraction of sp³-hybridized carbons (Fsp3) is 0.412. The van der Waals surface area contributed by atoms with E-state index < -0.39 is 0 Å². The first-order chi connectivity index (χ1) is 11.6. The van der Waals surface area contributed by atoms with Crippen LogP contribution in [0.25, 0.3) is 0 Å². The number of nitrogens with one attached hydrogen (secondary N) is 1. The second kappa shape index (κ2) is 7.53. The summed E-state index contributed by atoms with van der Waals surface area (Å²) in [4.78, 5) is 34.8. The maximum absolute atomic E-state index is 12.2. The van der Waals surface area contributed by atoms with Gasteiger partial charge in [0.1, 0.15) is 5.82 Å². The van der Waals surface area contributed by atoms with Gasteiger partial charge in [-0.15, -0.1) is 11.3 Å². The van der Waals surface area contributed by atoms with E-state index in [9.17, 15) is 9.59 Å². The molecule has 1 amide bonds. The lowest BCUT2D eigenvalue weighted by atomic mass is 10.0. The highest BCUT2D eigenvalue weighted by molar-refractivity contribution is 7.12. The SMILES string of the molecule is CC(=O)c1cc(CC(=O)NC2CCN(c3cnccn3)CC2)cs1. The standard InChI is InChI=1S/C17H20N4O2S/c1-12(22)15-8-13(11-24-15)9-17(23)20-14-2-6-21(7-3-14)16-10-18-4-5-19-16/h4-5,8,10-11,14H,2-3,6-7,9H2,1H3,(H,20,23). The number of hydrogen-bond acceptors (Lipinski definition) is 6. The Morgan fingerprint density at radius 3 is 2.75 bits per heavy atom. The van der Waals surface area contributed by atoms with Crippen molar-refractivity contribution in [3.8, 4) is 0 Å². The van der Waals surface area contributed by atoms with Crippen molar-refractivity contribution >= 4 is 28.8 Å². The van der Waals surface area contributed by atoms with Crippen molar-refractivity contribution in [2.75, 3.05) is 18.0 Å². The van der Waals surface area contributed by atoms with Gasteiger partial charge in [0.15, 0.2) is 5.78 Å². The molecule has 1 aliphatic heterocycles. The monoisotopic (exact) mass is 344 g/mol. The van der Waals surface area contributed by atoms with Gasteiger partial charge in [-0.1, -0.05) is 0 Å². The first-order valence-corrected chi connectivity index (χ1v) is 8.88. The van der Waals surface area contributed by atoms with Crippen molar-refractivity contribution in [1.29, 1.82) is 0 Å². The maximum atomic E-state index is 12.2. The van der Waals surface area contributed by atoms with Crippen LogP contribution >= 0.6 is 11.3 Å². The number of aromatic nitrogens is 2. The van der Waals surface area contributed by atoms with Gasteiger partial charge >= 0.3 is 0 Å². The quantitative estimate of drug-likeness (QED) is 0.841. The van der Waals surface area contributed by atoms with Gasteiger partial charge in [0.05, 0.1) is 17.5 Å². The topological polar surface area (TPSA) is 75.2 Å². The molecule has 0 saturated carbocycles. The molecular weight excluding hydrogens is 324 g/mol. The molecule has 1 fully saturated rings. The number of ketones is 1. The first kappa shape index (κ1) is 16.6. The zero-order valence-electron chi connectivity index (χ0n) is 13.6. The lowest BCUT2D eigenvalue weighted by Crippen LogP contribution is -2.45. The summed E-state index contributed by atoms with van der Waals surface area (Å²) >= 11 is 1.39. The molecule has 1 saturated heterocycles. The van der Waals surface area contributed by atoms with E-state index in [1.54, 1.807) is 25.5 Å². The summed E-state index contributed by atoms with van der Waals surface area (Å²) in [5, 5.41) is 4.98. The normalized spacial score (nSPS) is 15.3. The van der Waals surface area contributed by atoms with Gasteiger partial charge in [-0.3, -0.25) is 14.6 Å². The van der Waals surface area contributed by atoms with Crippen LogP contribution in [0.2, 0.25) is 0 Å². The van der Waals surface area contributed by atoms with E-state index >= 15 is 0 Å². The van der Waals surface area contributed by atoms with Crippen LogP contribution in [0.1, 0.15) is 35.0 Å². The number of anilines is 1. The van der Waals surface area contributed by atoms with Crippen molar-refractivity contribution < 1.29 is 9.59 Å². The second-order valence-electron chi connectivity index (χ2n) is 5.94. The van der Waals surface area contributed by atoms with Crippen LogP contribution in [0.15, 0.2) is 30.0 Å². The molecule has 1 N–H and O–H groups in total. The van der Waals surface area contributed by atoms with Gasteiger partial charge in [0, 0.05) is 31.5 Å². The van der Waals surface area contributed by atoms with Gasteiger partial charge in [-0.05, 0) is 36.8 Å². The Hall–Kier alpha value is -2.28. The summed E-state index contributed by atoms with van der Waals surface area (Å²) in [7, 11) is 0. The van der Waals surface area contributed by atoms with E-state index in [-0.39, 0.29) is 17.7 Å². The van der Waals surface area contributed by atoms with E-state index in [1.807, 2.05) is 11.4 Å². The molecule has 2 aromatic rings. The minimum Gasteiger partial charge on any atom is -0.355 e. The van der Waals surface area contributed by atoms with Gasteiger partial charge in [-0.25, -0.2) is 4.98 Å². The highest BCUT2D eigenvalue weighted by Crippen LogP contribution is 2.18. The summed E-state index contributed by atoms with van der Waals surface area (Å²) in [5.41, 5.74) is 0.902. The molecule has 0 radical (unpaired) electrons. The Kier molecular flexibility index (Phi) is 5.20. The van der Waals surface area contributed by atoms with Gasteiger partial charge in [-0.2, -0.15) is 0 Å². The fourth-order valence-corrected chi connectivity index (χ4v) is 3.64. The maximum Gasteiger partial charge on any atom is 0.224 e. The number of carbonyl (C=O) groups is 2. The number of amides is 1. The smallest absolute Gasteiger partial charge is 0.224 e.